The summed E-state index contributed by atoms with van der Waals surface area (Å²) >= 11 is 1.43. The number of imidazole rings is 1. The number of rotatable bonds is 4. The van der Waals surface area contributed by atoms with Crippen molar-refractivity contribution in [1.29, 1.82) is 0 Å². The van der Waals surface area contributed by atoms with E-state index in [9.17, 15) is 9.90 Å². The third-order valence-corrected chi connectivity index (χ3v) is 2.91. The maximum Gasteiger partial charge on any atom is 0.218 e. The van der Waals surface area contributed by atoms with Gasteiger partial charge in [-0.2, -0.15) is 0 Å². The Labute approximate surface area is 96.1 Å². The van der Waals surface area contributed by atoms with Gasteiger partial charge in [-0.15, -0.1) is 0 Å². The SMILES string of the molecule is NC(=O)CCSc1nc2ccc(O)cc2[nH]1. The fourth-order valence-electron chi connectivity index (χ4n) is 1.29. The van der Waals surface area contributed by atoms with Crippen LogP contribution in [0.25, 0.3) is 11.0 Å². The maximum absolute atomic E-state index is 10.6. The van der Waals surface area contributed by atoms with E-state index in [1.807, 2.05) is 0 Å². The summed E-state index contributed by atoms with van der Waals surface area (Å²) in [5, 5.41) is 10.00. The number of hydrogen-bond donors (Lipinski definition) is 3. The Morgan fingerprint density at radius 2 is 2.38 bits per heavy atom. The van der Waals surface area contributed by atoms with Gasteiger partial charge in [0.05, 0.1) is 11.0 Å². The Kier molecular flexibility index (Phi) is 3.00. The second kappa shape index (κ2) is 4.44. The normalized spacial score (nSPS) is 10.8. The van der Waals surface area contributed by atoms with Crippen LogP contribution in [0.2, 0.25) is 0 Å². The van der Waals surface area contributed by atoms with E-state index in [1.54, 1.807) is 18.2 Å². The quantitative estimate of drug-likeness (QED) is 0.697. The number of nitrogens with zero attached hydrogens (tertiary/aromatic N) is 1. The van der Waals surface area contributed by atoms with E-state index in [1.165, 1.54) is 11.8 Å². The summed E-state index contributed by atoms with van der Waals surface area (Å²) in [6, 6.07) is 4.93. The second-order valence-corrected chi connectivity index (χ2v) is 4.39. The number of H-pyrrole nitrogens is 1. The largest absolute Gasteiger partial charge is 0.508 e. The minimum Gasteiger partial charge on any atom is -0.508 e. The molecule has 1 amide bonds. The van der Waals surface area contributed by atoms with E-state index in [2.05, 4.69) is 9.97 Å². The molecule has 2 rings (SSSR count). The van der Waals surface area contributed by atoms with Gasteiger partial charge < -0.3 is 15.8 Å². The highest BCUT2D eigenvalue weighted by Crippen LogP contribution is 2.22. The first-order chi connectivity index (χ1) is 7.65. The van der Waals surface area contributed by atoms with Crippen LogP contribution in [0.3, 0.4) is 0 Å². The number of fused-ring (bicyclic) bond motifs is 1. The zero-order valence-electron chi connectivity index (χ0n) is 8.43. The fraction of sp³-hybridized carbons (Fsp3) is 0.200. The first-order valence-electron chi connectivity index (χ1n) is 4.75. The van der Waals surface area contributed by atoms with Crippen molar-refractivity contribution in [2.75, 3.05) is 5.75 Å². The Morgan fingerprint density at radius 3 is 3.12 bits per heavy atom. The zero-order valence-corrected chi connectivity index (χ0v) is 9.25. The minimum atomic E-state index is -0.318. The molecule has 1 aromatic carbocycles. The first kappa shape index (κ1) is 10.8. The van der Waals surface area contributed by atoms with E-state index in [-0.39, 0.29) is 11.7 Å². The van der Waals surface area contributed by atoms with Gasteiger partial charge in [-0.05, 0) is 12.1 Å². The summed E-state index contributed by atoms with van der Waals surface area (Å²) in [5.41, 5.74) is 6.61. The smallest absolute Gasteiger partial charge is 0.218 e. The number of aromatic hydroxyl groups is 1. The van der Waals surface area contributed by atoms with Crippen molar-refractivity contribution < 1.29 is 9.90 Å². The van der Waals surface area contributed by atoms with Crippen molar-refractivity contribution in [3.05, 3.63) is 18.2 Å². The van der Waals surface area contributed by atoms with Gasteiger partial charge in [0.2, 0.25) is 5.91 Å². The van der Waals surface area contributed by atoms with Crippen LogP contribution in [0.4, 0.5) is 0 Å². The average Bonchev–Trinajstić information content (AvgIpc) is 2.58. The van der Waals surface area contributed by atoms with Crippen LogP contribution in [0.5, 0.6) is 5.75 Å². The number of benzene rings is 1. The Hall–Kier alpha value is -1.69. The monoisotopic (exact) mass is 237 g/mol. The van der Waals surface area contributed by atoms with Gasteiger partial charge >= 0.3 is 0 Å². The third kappa shape index (κ3) is 2.46. The van der Waals surface area contributed by atoms with E-state index < -0.39 is 0 Å². The molecule has 0 saturated heterocycles. The molecule has 0 fully saturated rings. The van der Waals surface area contributed by atoms with Crippen LogP contribution in [-0.4, -0.2) is 26.7 Å². The summed E-state index contributed by atoms with van der Waals surface area (Å²) in [5.74, 6) is 0.479. The summed E-state index contributed by atoms with van der Waals surface area (Å²) in [6.45, 7) is 0. The Bertz CT molecular complexity index is 524. The summed E-state index contributed by atoms with van der Waals surface area (Å²) < 4.78 is 0. The van der Waals surface area contributed by atoms with Gasteiger partial charge in [-0.25, -0.2) is 4.98 Å². The second-order valence-electron chi connectivity index (χ2n) is 3.31. The van der Waals surface area contributed by atoms with Gasteiger partial charge in [0.1, 0.15) is 5.75 Å². The summed E-state index contributed by atoms with van der Waals surface area (Å²) in [6.07, 6.45) is 0.326. The number of phenols is 1. The first-order valence-corrected chi connectivity index (χ1v) is 5.73. The molecule has 0 radical (unpaired) electrons. The average molecular weight is 237 g/mol. The standard InChI is InChI=1S/C10H11N3O2S/c11-9(15)3-4-16-10-12-7-2-1-6(14)5-8(7)13-10/h1-2,5,14H,3-4H2,(H2,11,15)(H,12,13). The predicted octanol–water partition coefficient (Wildman–Crippen LogP) is 1.24. The number of primary amides is 1. The van der Waals surface area contributed by atoms with E-state index in [4.69, 9.17) is 5.73 Å². The molecule has 2 aromatic rings. The molecule has 1 heterocycles. The van der Waals surface area contributed by atoms with Crippen LogP contribution in [-0.2, 0) is 4.79 Å². The van der Waals surface area contributed by atoms with Crippen molar-refractivity contribution in [2.24, 2.45) is 5.73 Å². The third-order valence-electron chi connectivity index (χ3n) is 2.03. The summed E-state index contributed by atoms with van der Waals surface area (Å²) in [4.78, 5) is 17.9. The number of carbonyl (C=O) groups is 1. The molecule has 16 heavy (non-hydrogen) atoms. The van der Waals surface area contributed by atoms with Crippen molar-refractivity contribution in [3.8, 4) is 5.75 Å². The molecular weight excluding hydrogens is 226 g/mol. The molecule has 0 bridgehead atoms. The maximum atomic E-state index is 10.6. The number of aromatic amines is 1. The lowest BCUT2D eigenvalue weighted by atomic mass is 10.3. The number of phenolic OH excluding ortho intramolecular Hbond substituents is 1. The van der Waals surface area contributed by atoms with Gasteiger partial charge in [-0.1, -0.05) is 11.8 Å². The lowest BCUT2D eigenvalue weighted by Crippen LogP contribution is -2.10. The van der Waals surface area contributed by atoms with Crippen molar-refractivity contribution >= 4 is 28.7 Å². The molecule has 5 nitrogen and oxygen atoms in total. The molecule has 6 heteroatoms. The molecule has 1 aromatic heterocycles. The van der Waals surface area contributed by atoms with Crippen LogP contribution >= 0.6 is 11.8 Å². The number of thioether (sulfide) groups is 1. The lowest BCUT2D eigenvalue weighted by Gasteiger charge is -1.93. The van der Waals surface area contributed by atoms with E-state index in [0.29, 0.717) is 12.2 Å². The van der Waals surface area contributed by atoms with E-state index in [0.717, 1.165) is 16.2 Å². The molecule has 0 aliphatic heterocycles. The molecule has 0 aliphatic rings. The Morgan fingerprint density at radius 1 is 1.56 bits per heavy atom. The van der Waals surface area contributed by atoms with Crippen molar-refractivity contribution in [2.45, 2.75) is 11.6 Å². The number of amides is 1. The van der Waals surface area contributed by atoms with Crippen LogP contribution < -0.4 is 5.73 Å². The molecule has 0 atom stereocenters. The summed E-state index contributed by atoms with van der Waals surface area (Å²) in [7, 11) is 0. The molecule has 84 valence electrons. The molecule has 0 unspecified atom stereocenters. The molecule has 0 spiro atoms. The molecule has 4 N–H and O–H groups in total. The molecule has 0 aliphatic carbocycles. The lowest BCUT2D eigenvalue weighted by molar-refractivity contribution is -0.117. The van der Waals surface area contributed by atoms with Crippen LogP contribution in [0.1, 0.15) is 6.42 Å². The van der Waals surface area contributed by atoms with E-state index >= 15 is 0 Å². The van der Waals surface area contributed by atoms with Crippen LogP contribution in [0.15, 0.2) is 23.4 Å². The topological polar surface area (TPSA) is 92.0 Å². The number of hydrogen-bond acceptors (Lipinski definition) is 4. The Balaban J connectivity index is 2.10. The van der Waals surface area contributed by atoms with Gasteiger partial charge in [0, 0.05) is 18.2 Å². The molecule has 0 saturated carbocycles. The number of nitrogens with one attached hydrogen (secondary N) is 1. The van der Waals surface area contributed by atoms with Gasteiger partial charge in [0.25, 0.3) is 0 Å². The number of carbonyl (C=O) groups excluding carboxylic acids is 1. The highest BCUT2D eigenvalue weighted by molar-refractivity contribution is 7.99. The molecular formula is C10H11N3O2S. The zero-order chi connectivity index (χ0) is 11.5. The predicted molar refractivity (Wildman–Crippen MR) is 62.3 cm³/mol. The van der Waals surface area contributed by atoms with Crippen molar-refractivity contribution in [3.63, 3.8) is 0 Å². The highest BCUT2D eigenvalue weighted by Gasteiger charge is 2.04. The van der Waals surface area contributed by atoms with Crippen molar-refractivity contribution in [1.82, 2.24) is 9.97 Å². The highest BCUT2D eigenvalue weighted by atomic mass is 32.2. The fourth-order valence-corrected chi connectivity index (χ4v) is 2.13. The number of aromatic nitrogens is 2. The van der Waals surface area contributed by atoms with Crippen LogP contribution in [0, 0.1) is 0 Å². The number of nitrogens with two attached hydrogens (primary N) is 1. The minimum absolute atomic E-state index is 0.199. The van der Waals surface area contributed by atoms with Gasteiger partial charge in [0.15, 0.2) is 5.16 Å². The van der Waals surface area contributed by atoms with Gasteiger partial charge in [-0.3, -0.25) is 4.79 Å².